The van der Waals surface area contributed by atoms with Gasteiger partial charge in [-0.1, -0.05) is 123 Å². The highest BCUT2D eigenvalue weighted by atomic mass is 32.1. The second-order valence-electron chi connectivity index (χ2n) is 17.3. The average molecular weight is 797 g/mol. The van der Waals surface area contributed by atoms with Gasteiger partial charge in [-0.05, 0) is 101 Å². The number of para-hydroxylation sites is 3. The molecular formula is C57H36N2OS. The number of hydrogen-bond donors (Lipinski definition) is 0. The summed E-state index contributed by atoms with van der Waals surface area (Å²) in [5.41, 5.74) is 16.7. The van der Waals surface area contributed by atoms with E-state index in [-0.39, 0.29) is 5.41 Å². The Morgan fingerprint density at radius 1 is 0.410 bits per heavy atom. The third-order valence-electron chi connectivity index (χ3n) is 13.7. The van der Waals surface area contributed by atoms with E-state index in [0.717, 1.165) is 27.6 Å². The Balaban J connectivity index is 0.938. The summed E-state index contributed by atoms with van der Waals surface area (Å²) >= 11 is 1.93. The molecule has 286 valence electrons. The maximum Gasteiger partial charge on any atom is 0.135 e. The quantitative estimate of drug-likeness (QED) is 0.175. The van der Waals surface area contributed by atoms with E-state index in [1.807, 2.05) is 23.5 Å². The van der Waals surface area contributed by atoms with Gasteiger partial charge in [-0.25, -0.2) is 0 Å². The molecule has 0 fully saturated rings. The van der Waals surface area contributed by atoms with E-state index >= 15 is 0 Å². The summed E-state index contributed by atoms with van der Waals surface area (Å²) in [6.45, 7) is 4.80. The van der Waals surface area contributed by atoms with Crippen molar-refractivity contribution in [2.24, 2.45) is 0 Å². The summed E-state index contributed by atoms with van der Waals surface area (Å²) in [6.07, 6.45) is 0. The van der Waals surface area contributed by atoms with Gasteiger partial charge in [0.15, 0.2) is 0 Å². The maximum atomic E-state index is 6.21. The predicted octanol–water partition coefficient (Wildman–Crippen LogP) is 16.1. The highest BCUT2D eigenvalue weighted by Gasteiger charge is 2.37. The van der Waals surface area contributed by atoms with Crippen LogP contribution in [0, 0.1) is 0 Å². The van der Waals surface area contributed by atoms with E-state index < -0.39 is 0 Å². The van der Waals surface area contributed by atoms with Crippen LogP contribution in [0.5, 0.6) is 0 Å². The molecule has 0 spiro atoms. The van der Waals surface area contributed by atoms with Crippen molar-refractivity contribution in [2.45, 2.75) is 19.3 Å². The first kappa shape index (κ1) is 33.4. The van der Waals surface area contributed by atoms with Gasteiger partial charge in [0.05, 0.1) is 22.1 Å². The molecule has 4 heterocycles. The first-order valence-electron chi connectivity index (χ1n) is 21.1. The Labute approximate surface area is 354 Å². The van der Waals surface area contributed by atoms with Crippen molar-refractivity contribution < 1.29 is 4.42 Å². The number of rotatable bonds is 3. The van der Waals surface area contributed by atoms with E-state index in [0.29, 0.717) is 0 Å². The Bertz CT molecular complexity index is 4040. The van der Waals surface area contributed by atoms with Crippen molar-refractivity contribution in [1.29, 1.82) is 0 Å². The molecule has 1 aliphatic rings. The lowest BCUT2D eigenvalue weighted by Crippen LogP contribution is -2.15. The third kappa shape index (κ3) is 4.47. The molecule has 0 radical (unpaired) electrons. The summed E-state index contributed by atoms with van der Waals surface area (Å²) < 4.78 is 13.8. The molecule has 0 unspecified atom stereocenters. The number of nitrogens with zero attached hydrogens (tertiary/aromatic N) is 2. The van der Waals surface area contributed by atoms with Crippen LogP contribution in [-0.4, -0.2) is 9.13 Å². The first-order chi connectivity index (χ1) is 30.0. The highest BCUT2D eigenvalue weighted by Crippen LogP contribution is 2.54. The van der Waals surface area contributed by atoms with E-state index in [9.17, 15) is 0 Å². The van der Waals surface area contributed by atoms with Crippen LogP contribution in [0.2, 0.25) is 0 Å². The van der Waals surface area contributed by atoms with Gasteiger partial charge in [0, 0.05) is 74.8 Å². The molecule has 61 heavy (non-hydrogen) atoms. The van der Waals surface area contributed by atoms with Gasteiger partial charge in [0.1, 0.15) is 11.2 Å². The molecule has 1 aliphatic carbocycles. The number of hydrogen-bond acceptors (Lipinski definition) is 2. The van der Waals surface area contributed by atoms with Crippen LogP contribution in [0.1, 0.15) is 25.0 Å². The van der Waals surface area contributed by atoms with Crippen molar-refractivity contribution in [3.05, 3.63) is 193 Å². The zero-order valence-corrected chi connectivity index (χ0v) is 34.3. The Hall–Kier alpha value is -7.40. The van der Waals surface area contributed by atoms with Crippen LogP contribution in [-0.2, 0) is 5.41 Å². The molecule has 9 aromatic carbocycles. The molecule has 0 bridgehead atoms. The van der Waals surface area contributed by atoms with E-state index in [1.165, 1.54) is 103 Å². The fourth-order valence-electron chi connectivity index (χ4n) is 10.8. The van der Waals surface area contributed by atoms with Crippen LogP contribution in [0.3, 0.4) is 0 Å². The number of thiophene rings is 1. The van der Waals surface area contributed by atoms with Gasteiger partial charge in [0.25, 0.3) is 0 Å². The smallest absolute Gasteiger partial charge is 0.135 e. The standard InChI is InChI=1S/C57H36N2OS/c1-57(2)46-26-25-42-41-14-6-10-18-54(41)61-56(42)55(46)43-24-21-36(32-47(43)57)59-48-15-7-3-11-37(48)39-23-19-34(30-51(39)59)33-20-27-50-44(29-33)38-12-4-8-16-49(38)58(50)35-22-28-53-45(31-35)40-13-5-9-17-52(40)60-53/h3-32H,1-2H3. The Morgan fingerprint density at radius 3 is 1.87 bits per heavy atom. The van der Waals surface area contributed by atoms with Crippen LogP contribution >= 0.6 is 11.3 Å². The second-order valence-corrected chi connectivity index (χ2v) is 18.3. The lowest BCUT2D eigenvalue weighted by molar-refractivity contribution is 0.660. The summed E-state index contributed by atoms with van der Waals surface area (Å²) in [7, 11) is 0. The SMILES string of the molecule is CC1(C)c2cc(-n3c4ccccc4c4ccc(-c5ccc6c(c5)c5ccccc5n6-c5ccc6oc7ccccc7c6c5)cc43)ccc2-c2c1ccc1c2sc2ccccc21. The van der Waals surface area contributed by atoms with Gasteiger partial charge in [-0.3, -0.25) is 0 Å². The Morgan fingerprint density at radius 2 is 1.02 bits per heavy atom. The molecule has 14 rings (SSSR count). The molecule has 0 saturated carbocycles. The minimum absolute atomic E-state index is 0.137. The number of benzene rings is 9. The van der Waals surface area contributed by atoms with Crippen LogP contribution in [0.4, 0.5) is 0 Å². The molecule has 3 nitrogen and oxygen atoms in total. The fraction of sp³-hybridized carbons (Fsp3) is 0.0526. The number of fused-ring (bicyclic) bond motifs is 16. The molecule has 0 aliphatic heterocycles. The monoisotopic (exact) mass is 796 g/mol. The van der Waals surface area contributed by atoms with E-state index in [2.05, 4.69) is 193 Å². The normalized spacial score (nSPS) is 13.5. The topological polar surface area (TPSA) is 23.0 Å². The summed E-state index contributed by atoms with van der Waals surface area (Å²) in [6, 6.07) is 67.3. The molecule has 0 N–H and O–H groups in total. The minimum Gasteiger partial charge on any atom is -0.456 e. The average Bonchev–Trinajstić information content (AvgIpc) is 4.09. The van der Waals surface area contributed by atoms with Gasteiger partial charge in [0.2, 0.25) is 0 Å². The van der Waals surface area contributed by atoms with Crippen LogP contribution < -0.4 is 0 Å². The highest BCUT2D eigenvalue weighted by molar-refractivity contribution is 7.26. The lowest BCUT2D eigenvalue weighted by Gasteiger charge is -2.22. The van der Waals surface area contributed by atoms with Crippen molar-refractivity contribution in [3.63, 3.8) is 0 Å². The van der Waals surface area contributed by atoms with Crippen molar-refractivity contribution >= 4 is 97.1 Å². The molecule has 13 aromatic rings. The van der Waals surface area contributed by atoms with Gasteiger partial charge >= 0.3 is 0 Å². The van der Waals surface area contributed by atoms with E-state index in [4.69, 9.17) is 4.42 Å². The van der Waals surface area contributed by atoms with Crippen LogP contribution in [0.15, 0.2) is 186 Å². The van der Waals surface area contributed by atoms with E-state index in [1.54, 1.807) is 0 Å². The predicted molar refractivity (Wildman–Crippen MR) is 258 cm³/mol. The molecule has 0 amide bonds. The largest absolute Gasteiger partial charge is 0.456 e. The van der Waals surface area contributed by atoms with Crippen molar-refractivity contribution in [3.8, 4) is 33.6 Å². The second kappa shape index (κ2) is 11.9. The number of furan rings is 1. The lowest BCUT2D eigenvalue weighted by atomic mass is 9.82. The van der Waals surface area contributed by atoms with Gasteiger partial charge in [-0.2, -0.15) is 0 Å². The van der Waals surface area contributed by atoms with Gasteiger partial charge in [-0.15, -0.1) is 11.3 Å². The fourth-order valence-corrected chi connectivity index (χ4v) is 12.1. The molecule has 0 atom stereocenters. The zero-order chi connectivity index (χ0) is 40.1. The zero-order valence-electron chi connectivity index (χ0n) is 33.5. The minimum atomic E-state index is -0.137. The van der Waals surface area contributed by atoms with Crippen molar-refractivity contribution in [2.75, 3.05) is 0 Å². The van der Waals surface area contributed by atoms with Crippen molar-refractivity contribution in [1.82, 2.24) is 9.13 Å². The summed E-state index contributed by atoms with van der Waals surface area (Å²) in [4.78, 5) is 0. The summed E-state index contributed by atoms with van der Waals surface area (Å²) in [5, 5.41) is 9.96. The Kier molecular flexibility index (Phi) is 6.51. The first-order valence-corrected chi connectivity index (χ1v) is 21.9. The molecule has 4 heteroatoms. The summed E-state index contributed by atoms with van der Waals surface area (Å²) in [5.74, 6) is 0. The number of aromatic nitrogens is 2. The van der Waals surface area contributed by atoms with Crippen LogP contribution in [0.25, 0.3) is 119 Å². The molecule has 4 aromatic heterocycles. The maximum absolute atomic E-state index is 6.21. The third-order valence-corrected chi connectivity index (χ3v) is 14.9. The van der Waals surface area contributed by atoms with Gasteiger partial charge < -0.3 is 13.6 Å². The molecular weight excluding hydrogens is 761 g/mol. The molecule has 0 saturated heterocycles.